The highest BCUT2D eigenvalue weighted by Crippen LogP contribution is 2.26. The van der Waals surface area contributed by atoms with Gasteiger partial charge in [-0.2, -0.15) is 0 Å². The quantitative estimate of drug-likeness (QED) is 0.857. The van der Waals surface area contributed by atoms with Gasteiger partial charge in [-0.1, -0.05) is 0 Å². The molecule has 0 spiro atoms. The fourth-order valence-corrected chi connectivity index (χ4v) is 4.34. The maximum Gasteiger partial charge on any atom is 0.271 e. The highest BCUT2D eigenvalue weighted by molar-refractivity contribution is 7.94. The van der Waals surface area contributed by atoms with Gasteiger partial charge in [0.25, 0.3) is 10.0 Å². The molecule has 2 aromatic rings. The summed E-state index contributed by atoms with van der Waals surface area (Å²) in [7, 11) is -3.54. The van der Waals surface area contributed by atoms with Crippen LogP contribution in [0.5, 0.6) is 0 Å². The monoisotopic (exact) mass is 323 g/mol. The molecule has 0 radical (unpaired) electrons. The Hall–Kier alpha value is -1.44. The van der Waals surface area contributed by atoms with Crippen LogP contribution in [0.3, 0.4) is 0 Å². The van der Waals surface area contributed by atoms with E-state index in [1.54, 1.807) is 31.3 Å². The Morgan fingerprint density at radius 3 is 2.86 bits per heavy atom. The van der Waals surface area contributed by atoms with Gasteiger partial charge in [0.05, 0.1) is 11.4 Å². The van der Waals surface area contributed by atoms with Crippen LogP contribution in [0.4, 0.5) is 5.69 Å². The van der Waals surface area contributed by atoms with E-state index in [2.05, 4.69) is 15.0 Å². The molecule has 0 unspecified atom stereocenters. The number of nitrogens with zero attached hydrogens (tertiary/aromatic N) is 1. The van der Waals surface area contributed by atoms with Crippen LogP contribution < -0.4 is 10.0 Å². The number of aryl methyl sites for hydroxylation is 1. The Kier molecular flexibility index (Phi) is 3.97. The van der Waals surface area contributed by atoms with Gasteiger partial charge in [-0.15, -0.1) is 11.3 Å². The van der Waals surface area contributed by atoms with E-state index in [-0.39, 0.29) is 0 Å². The van der Waals surface area contributed by atoms with Gasteiger partial charge in [0.15, 0.2) is 0 Å². The molecule has 2 N–H and O–H groups in total. The molecule has 0 amide bonds. The number of hydrogen-bond donors (Lipinski definition) is 2. The molecule has 0 saturated heterocycles. The van der Waals surface area contributed by atoms with E-state index in [9.17, 15) is 8.42 Å². The maximum atomic E-state index is 12.4. The van der Waals surface area contributed by atoms with Crippen LogP contribution in [-0.2, 0) is 16.6 Å². The third-order valence-corrected chi connectivity index (χ3v) is 6.24. The predicted molar refractivity (Wildman–Crippen MR) is 84.0 cm³/mol. The summed E-state index contributed by atoms with van der Waals surface area (Å²) in [5.41, 5.74) is 1.18. The third kappa shape index (κ3) is 3.61. The zero-order valence-corrected chi connectivity index (χ0v) is 13.3. The van der Waals surface area contributed by atoms with E-state index in [1.807, 2.05) is 6.07 Å². The van der Waals surface area contributed by atoms with Crippen molar-refractivity contribution in [3.05, 3.63) is 41.0 Å². The number of hydrogen-bond acceptors (Lipinski definition) is 5. The van der Waals surface area contributed by atoms with Crippen molar-refractivity contribution in [2.75, 3.05) is 4.72 Å². The average molecular weight is 323 g/mol. The smallest absolute Gasteiger partial charge is 0.271 e. The molecule has 1 aliphatic rings. The molecule has 0 bridgehead atoms. The summed E-state index contributed by atoms with van der Waals surface area (Å²) in [6.07, 6.45) is 4.08. The topological polar surface area (TPSA) is 71.1 Å². The second-order valence-electron chi connectivity index (χ2n) is 5.12. The van der Waals surface area contributed by atoms with Crippen molar-refractivity contribution in [1.82, 2.24) is 10.3 Å². The zero-order chi connectivity index (χ0) is 14.9. The van der Waals surface area contributed by atoms with Gasteiger partial charge >= 0.3 is 0 Å². The van der Waals surface area contributed by atoms with E-state index in [0.717, 1.165) is 11.4 Å². The van der Waals surface area contributed by atoms with Crippen molar-refractivity contribution in [2.24, 2.45) is 0 Å². The molecule has 0 aliphatic heterocycles. The van der Waals surface area contributed by atoms with Gasteiger partial charge in [-0.25, -0.2) is 8.42 Å². The molecule has 2 aromatic heterocycles. The summed E-state index contributed by atoms with van der Waals surface area (Å²) < 4.78 is 27.7. The number of anilines is 1. The van der Waals surface area contributed by atoms with Crippen LogP contribution in [0.1, 0.15) is 23.4 Å². The second kappa shape index (κ2) is 5.75. The summed E-state index contributed by atoms with van der Waals surface area (Å²) >= 11 is 1.30. The Morgan fingerprint density at radius 1 is 1.33 bits per heavy atom. The first-order valence-electron chi connectivity index (χ1n) is 6.81. The first-order chi connectivity index (χ1) is 10.0. The Balaban J connectivity index is 1.73. The lowest BCUT2D eigenvalue weighted by molar-refractivity contribution is 0.603. The highest BCUT2D eigenvalue weighted by atomic mass is 32.2. The molecule has 0 aromatic carbocycles. The van der Waals surface area contributed by atoms with Gasteiger partial charge in [0.2, 0.25) is 0 Å². The minimum Gasteiger partial charge on any atom is -0.309 e. The molecule has 7 heteroatoms. The second-order valence-corrected chi connectivity index (χ2v) is 8.20. The Morgan fingerprint density at radius 2 is 2.14 bits per heavy atom. The highest BCUT2D eigenvalue weighted by Gasteiger charge is 2.21. The van der Waals surface area contributed by atoms with Crippen LogP contribution in [0.15, 0.2) is 34.7 Å². The van der Waals surface area contributed by atoms with E-state index in [1.165, 1.54) is 24.2 Å². The molecule has 21 heavy (non-hydrogen) atoms. The summed E-state index contributed by atoms with van der Waals surface area (Å²) in [6.45, 7) is 2.51. The molecule has 2 heterocycles. The summed E-state index contributed by atoms with van der Waals surface area (Å²) in [6, 6.07) is 7.56. The van der Waals surface area contributed by atoms with E-state index < -0.39 is 10.0 Å². The number of sulfonamides is 1. The minimum absolute atomic E-state index is 0.332. The van der Waals surface area contributed by atoms with Crippen molar-refractivity contribution in [1.29, 1.82) is 0 Å². The fourth-order valence-electron chi connectivity index (χ4n) is 1.92. The zero-order valence-electron chi connectivity index (χ0n) is 11.7. The van der Waals surface area contributed by atoms with Gasteiger partial charge in [0, 0.05) is 23.7 Å². The first kappa shape index (κ1) is 14.5. The standard InChI is InChI=1S/C14H17N3O2S2/c1-10-13(3-2-8-15-10)17-21(18,19)14-7-6-12(20-14)9-16-11-4-5-11/h2-3,6-8,11,16-17H,4-5,9H2,1H3. The van der Waals surface area contributed by atoms with E-state index >= 15 is 0 Å². The number of pyridine rings is 1. The summed E-state index contributed by atoms with van der Waals surface area (Å²) in [4.78, 5) is 5.12. The van der Waals surface area contributed by atoms with Crippen LogP contribution >= 0.6 is 11.3 Å². The van der Waals surface area contributed by atoms with Crippen LogP contribution in [0.25, 0.3) is 0 Å². The maximum absolute atomic E-state index is 12.4. The van der Waals surface area contributed by atoms with Crippen molar-refractivity contribution in [3.63, 3.8) is 0 Å². The largest absolute Gasteiger partial charge is 0.309 e. The minimum atomic E-state index is -3.54. The molecule has 1 saturated carbocycles. The van der Waals surface area contributed by atoms with Gasteiger partial charge in [-0.3, -0.25) is 9.71 Å². The SMILES string of the molecule is Cc1ncccc1NS(=O)(=O)c1ccc(CNC2CC2)s1. The van der Waals surface area contributed by atoms with Gasteiger partial charge < -0.3 is 5.32 Å². The van der Waals surface area contributed by atoms with Crippen LogP contribution in [0, 0.1) is 6.92 Å². The number of rotatable bonds is 6. The fraction of sp³-hybridized carbons (Fsp3) is 0.357. The molecular weight excluding hydrogens is 306 g/mol. The van der Waals surface area contributed by atoms with E-state index in [4.69, 9.17) is 0 Å². The normalized spacial score (nSPS) is 15.1. The Bertz CT molecular complexity index is 736. The summed E-state index contributed by atoms with van der Waals surface area (Å²) in [5.74, 6) is 0. The molecule has 5 nitrogen and oxygen atoms in total. The molecule has 0 atom stereocenters. The molecule has 112 valence electrons. The van der Waals surface area contributed by atoms with Crippen LogP contribution in [-0.4, -0.2) is 19.4 Å². The Labute approximate surface area is 128 Å². The first-order valence-corrected chi connectivity index (χ1v) is 9.11. The lowest BCUT2D eigenvalue weighted by Crippen LogP contribution is -2.14. The summed E-state index contributed by atoms with van der Waals surface area (Å²) in [5, 5.41) is 3.38. The molecule has 3 rings (SSSR count). The van der Waals surface area contributed by atoms with Gasteiger partial charge in [-0.05, 0) is 44.0 Å². The van der Waals surface area contributed by atoms with Crippen molar-refractivity contribution < 1.29 is 8.42 Å². The van der Waals surface area contributed by atoms with Crippen molar-refractivity contribution in [3.8, 4) is 0 Å². The molecular formula is C14H17N3O2S2. The number of thiophene rings is 1. The lowest BCUT2D eigenvalue weighted by atomic mass is 10.3. The number of nitrogens with one attached hydrogen (secondary N) is 2. The van der Waals surface area contributed by atoms with Gasteiger partial charge in [0.1, 0.15) is 4.21 Å². The number of aromatic nitrogens is 1. The molecule has 1 fully saturated rings. The van der Waals surface area contributed by atoms with Crippen LogP contribution in [0.2, 0.25) is 0 Å². The third-order valence-electron chi connectivity index (χ3n) is 3.30. The van der Waals surface area contributed by atoms with Crippen molar-refractivity contribution in [2.45, 2.75) is 36.6 Å². The predicted octanol–water partition coefficient (Wildman–Crippen LogP) is 2.50. The molecule has 1 aliphatic carbocycles. The van der Waals surface area contributed by atoms with Crippen molar-refractivity contribution >= 4 is 27.0 Å². The van der Waals surface area contributed by atoms with E-state index in [0.29, 0.717) is 21.6 Å². The average Bonchev–Trinajstić information content (AvgIpc) is 3.15. The lowest BCUT2D eigenvalue weighted by Gasteiger charge is -2.07.